The number of fused-ring (bicyclic) bond motifs is 5. The summed E-state index contributed by atoms with van der Waals surface area (Å²) in [6.07, 6.45) is 34.3. The Balaban J connectivity index is 1.11. The molecule has 0 aromatic rings. The average Bonchev–Trinajstić information content (AvgIpc) is 3.52. The first-order valence-corrected chi connectivity index (χ1v) is 23.1. The number of rotatable bonds is 26. The molecule has 0 bridgehead atoms. The summed E-state index contributed by atoms with van der Waals surface area (Å²) in [7, 11) is 0. The molecule has 308 valence electrons. The van der Waals surface area contributed by atoms with Crippen LogP contribution in [0.15, 0.2) is 25.3 Å². The maximum absolute atomic E-state index is 12.8. The van der Waals surface area contributed by atoms with Crippen LogP contribution in [0.25, 0.3) is 0 Å². The molecule has 0 aliphatic heterocycles. The van der Waals surface area contributed by atoms with E-state index in [1.165, 1.54) is 96.3 Å². The Morgan fingerprint density at radius 2 is 1.22 bits per heavy atom. The molecule has 0 aromatic heterocycles. The average molecular weight is 751 g/mol. The highest BCUT2D eigenvalue weighted by molar-refractivity contribution is 5.77. The van der Waals surface area contributed by atoms with E-state index in [2.05, 4.69) is 44.6 Å². The molecule has 9 atom stereocenters. The Hall–Kier alpha value is -2.11. The Morgan fingerprint density at radius 3 is 1.87 bits per heavy atom. The van der Waals surface area contributed by atoms with Crippen LogP contribution >= 0.6 is 0 Å². The number of esters is 1. The molecule has 0 spiro atoms. The van der Waals surface area contributed by atoms with Crippen molar-refractivity contribution in [3.05, 3.63) is 25.3 Å². The molecule has 2 amide bonds. The lowest BCUT2D eigenvalue weighted by atomic mass is 9.44. The second-order valence-corrected chi connectivity index (χ2v) is 18.9. The molecule has 0 unspecified atom stereocenters. The van der Waals surface area contributed by atoms with Gasteiger partial charge in [-0.25, -0.2) is 0 Å². The molecule has 0 heterocycles. The molecule has 0 saturated heterocycles. The van der Waals surface area contributed by atoms with Crippen molar-refractivity contribution in [2.45, 2.75) is 200 Å². The summed E-state index contributed by atoms with van der Waals surface area (Å²) in [6.45, 7) is 16.2. The van der Waals surface area contributed by atoms with E-state index in [9.17, 15) is 14.4 Å². The van der Waals surface area contributed by atoms with Crippen molar-refractivity contribution < 1.29 is 19.1 Å². The van der Waals surface area contributed by atoms with Gasteiger partial charge >= 0.3 is 5.97 Å². The molecule has 4 fully saturated rings. The lowest BCUT2D eigenvalue weighted by Gasteiger charge is -2.61. The first-order valence-electron chi connectivity index (χ1n) is 23.1. The minimum absolute atomic E-state index is 0.0345. The Kier molecular flexibility index (Phi) is 19.2. The number of carbonyl (C=O) groups excluding carboxylic acids is 3. The predicted octanol–water partition coefficient (Wildman–Crippen LogP) is 11.8. The Labute approximate surface area is 331 Å². The van der Waals surface area contributed by atoms with Crippen LogP contribution < -0.4 is 10.6 Å². The number of unbranched alkanes of at least 4 members (excludes halogenated alkanes) is 12. The number of allylic oxidation sites excluding steroid dienone is 2. The van der Waals surface area contributed by atoms with Gasteiger partial charge in [0, 0.05) is 32.4 Å². The van der Waals surface area contributed by atoms with Gasteiger partial charge in [-0.2, -0.15) is 0 Å². The normalized spacial score (nSPS) is 30.6. The van der Waals surface area contributed by atoms with Gasteiger partial charge in [0.05, 0.1) is 0 Å². The molecule has 4 rings (SSSR count). The Morgan fingerprint density at radius 1 is 0.667 bits per heavy atom. The predicted molar refractivity (Wildman–Crippen MR) is 224 cm³/mol. The molecule has 4 aliphatic carbocycles. The molecule has 54 heavy (non-hydrogen) atoms. The zero-order chi connectivity index (χ0) is 38.8. The molecule has 6 heteroatoms. The summed E-state index contributed by atoms with van der Waals surface area (Å²) in [5.74, 6) is 4.60. The van der Waals surface area contributed by atoms with E-state index >= 15 is 0 Å². The number of hydrogen-bond donors (Lipinski definition) is 2. The number of nitrogens with one attached hydrogen (secondary N) is 2. The van der Waals surface area contributed by atoms with Crippen LogP contribution in [-0.4, -0.2) is 37.0 Å². The first-order chi connectivity index (χ1) is 26.1. The first kappa shape index (κ1) is 44.6. The van der Waals surface area contributed by atoms with Gasteiger partial charge in [-0.15, -0.1) is 13.2 Å². The van der Waals surface area contributed by atoms with Crippen LogP contribution in [-0.2, 0) is 19.1 Å². The van der Waals surface area contributed by atoms with Gasteiger partial charge in [-0.05, 0) is 149 Å². The summed E-state index contributed by atoms with van der Waals surface area (Å²) in [5.41, 5.74) is 0.763. The van der Waals surface area contributed by atoms with Gasteiger partial charge in [0.25, 0.3) is 0 Å². The summed E-state index contributed by atoms with van der Waals surface area (Å²) in [6, 6.07) is 0. The van der Waals surface area contributed by atoms with Crippen LogP contribution in [0, 0.1) is 46.3 Å². The van der Waals surface area contributed by atoms with Gasteiger partial charge in [0.15, 0.2) is 0 Å². The standard InChI is InChI=1S/C48H82N2O4/c1-6-8-10-12-14-16-18-20-22-44(51)49-34-35-50-45(52)29-24-37(3)41-27-28-42-40-26-25-38-36-39(30-32-47(38,4)43(40)31-33-48(41,42)5)54-46(53)23-21-19-17-15-13-11-9-7-2/h6-7,37-43H,1-2,8-36H2,3-5H3,(H,49,51)(H,50,52)/t37-,38-,39-,40+,41-,42+,43+,47+,48-/m1/s1. The SMILES string of the molecule is C=CCCCCCCCCC(=O)NCCNC(=O)CC[C@@H](C)[C@H]1CC[C@H]2[C@@H]3CC[C@@H]4C[C@H](OC(=O)CCCCCCCCC=C)CC[C@]4(C)[C@H]3CC[C@]12C. The number of carbonyl (C=O) groups is 3. The molecular weight excluding hydrogens is 669 g/mol. The van der Waals surface area contributed by atoms with E-state index in [-0.39, 0.29) is 23.9 Å². The summed E-state index contributed by atoms with van der Waals surface area (Å²) < 4.78 is 6.12. The van der Waals surface area contributed by atoms with Crippen LogP contribution in [0.4, 0.5) is 0 Å². The summed E-state index contributed by atoms with van der Waals surface area (Å²) in [4.78, 5) is 37.8. The highest BCUT2D eigenvalue weighted by atomic mass is 16.5. The number of ether oxygens (including phenoxy) is 1. The van der Waals surface area contributed by atoms with E-state index in [0.717, 1.165) is 75.5 Å². The van der Waals surface area contributed by atoms with Gasteiger partial charge in [-0.1, -0.05) is 84.3 Å². The van der Waals surface area contributed by atoms with E-state index < -0.39 is 0 Å². The highest BCUT2D eigenvalue weighted by Gasteiger charge is 2.60. The molecule has 4 aliphatic rings. The quantitative estimate of drug-likeness (QED) is 0.0524. The van der Waals surface area contributed by atoms with Crippen molar-refractivity contribution in [3.63, 3.8) is 0 Å². The summed E-state index contributed by atoms with van der Waals surface area (Å²) in [5, 5.41) is 6.05. The smallest absolute Gasteiger partial charge is 0.306 e. The number of amides is 2. The van der Waals surface area contributed by atoms with Crippen molar-refractivity contribution in [2.75, 3.05) is 13.1 Å². The lowest BCUT2D eigenvalue weighted by Crippen LogP contribution is -2.54. The largest absolute Gasteiger partial charge is 0.462 e. The minimum atomic E-state index is 0.0345. The number of hydrogen-bond acceptors (Lipinski definition) is 4. The highest BCUT2D eigenvalue weighted by Crippen LogP contribution is 2.68. The van der Waals surface area contributed by atoms with E-state index in [1.807, 2.05) is 12.2 Å². The van der Waals surface area contributed by atoms with Crippen molar-refractivity contribution in [1.29, 1.82) is 0 Å². The van der Waals surface area contributed by atoms with Crippen LogP contribution in [0.5, 0.6) is 0 Å². The minimum Gasteiger partial charge on any atom is -0.462 e. The summed E-state index contributed by atoms with van der Waals surface area (Å²) >= 11 is 0. The second kappa shape index (κ2) is 23.2. The zero-order valence-corrected chi connectivity index (χ0v) is 35.2. The van der Waals surface area contributed by atoms with Crippen molar-refractivity contribution in [1.82, 2.24) is 10.6 Å². The van der Waals surface area contributed by atoms with Crippen LogP contribution in [0.1, 0.15) is 194 Å². The molecular formula is C48H82N2O4. The fourth-order valence-corrected chi connectivity index (χ4v) is 12.2. The molecule has 0 radical (unpaired) electrons. The maximum Gasteiger partial charge on any atom is 0.306 e. The van der Waals surface area contributed by atoms with Crippen LogP contribution in [0.3, 0.4) is 0 Å². The Bertz CT molecular complexity index is 1170. The third-order valence-corrected chi connectivity index (χ3v) is 15.4. The maximum atomic E-state index is 12.8. The van der Waals surface area contributed by atoms with Crippen molar-refractivity contribution >= 4 is 17.8 Å². The van der Waals surface area contributed by atoms with Gasteiger partial charge in [0.2, 0.25) is 11.8 Å². The van der Waals surface area contributed by atoms with Gasteiger partial charge in [-0.3, -0.25) is 14.4 Å². The third-order valence-electron chi connectivity index (χ3n) is 15.4. The van der Waals surface area contributed by atoms with Crippen molar-refractivity contribution in [2.24, 2.45) is 46.3 Å². The molecule has 2 N–H and O–H groups in total. The molecule has 4 saturated carbocycles. The second-order valence-electron chi connectivity index (χ2n) is 18.9. The molecule has 0 aromatic carbocycles. The van der Waals surface area contributed by atoms with E-state index in [1.54, 1.807) is 0 Å². The van der Waals surface area contributed by atoms with Crippen molar-refractivity contribution in [3.8, 4) is 0 Å². The zero-order valence-electron chi connectivity index (χ0n) is 35.2. The molecule has 6 nitrogen and oxygen atoms in total. The van der Waals surface area contributed by atoms with Crippen LogP contribution in [0.2, 0.25) is 0 Å². The fraction of sp³-hybridized carbons (Fsp3) is 0.854. The topological polar surface area (TPSA) is 84.5 Å². The van der Waals surface area contributed by atoms with E-state index in [4.69, 9.17) is 4.74 Å². The third kappa shape index (κ3) is 13.0. The lowest BCUT2D eigenvalue weighted by molar-refractivity contribution is -0.162. The van der Waals surface area contributed by atoms with E-state index in [0.29, 0.717) is 60.9 Å². The fourth-order valence-electron chi connectivity index (χ4n) is 12.2. The van der Waals surface area contributed by atoms with Gasteiger partial charge in [0.1, 0.15) is 6.10 Å². The monoisotopic (exact) mass is 751 g/mol. The van der Waals surface area contributed by atoms with Gasteiger partial charge < -0.3 is 15.4 Å².